The zero-order valence-electron chi connectivity index (χ0n) is 13.9. The Morgan fingerprint density at radius 2 is 2.17 bits per heavy atom. The van der Waals surface area contributed by atoms with Crippen molar-refractivity contribution >= 4 is 11.8 Å². The van der Waals surface area contributed by atoms with E-state index in [0.29, 0.717) is 31.1 Å². The van der Waals surface area contributed by atoms with Crippen LogP contribution in [0.2, 0.25) is 0 Å². The van der Waals surface area contributed by atoms with Gasteiger partial charge in [0, 0.05) is 38.2 Å². The average Bonchev–Trinajstić information content (AvgIpc) is 2.98. The molecule has 24 heavy (non-hydrogen) atoms. The summed E-state index contributed by atoms with van der Waals surface area (Å²) in [4.78, 5) is 29.5. The molecule has 7 nitrogen and oxygen atoms in total. The molecule has 0 saturated carbocycles. The van der Waals surface area contributed by atoms with Gasteiger partial charge in [-0.25, -0.2) is 0 Å². The van der Waals surface area contributed by atoms with Gasteiger partial charge in [-0.1, -0.05) is 0 Å². The monoisotopic (exact) mass is 333 g/mol. The highest BCUT2D eigenvalue weighted by Crippen LogP contribution is 2.41. The Hall–Kier alpha value is -1.99. The maximum Gasteiger partial charge on any atom is 0.251 e. The van der Waals surface area contributed by atoms with Gasteiger partial charge in [0.25, 0.3) is 5.91 Å². The zero-order valence-corrected chi connectivity index (χ0v) is 13.9. The molecule has 1 N–H and O–H groups in total. The van der Waals surface area contributed by atoms with E-state index in [-0.39, 0.29) is 24.0 Å². The van der Waals surface area contributed by atoms with Gasteiger partial charge >= 0.3 is 0 Å². The van der Waals surface area contributed by atoms with Crippen molar-refractivity contribution in [2.24, 2.45) is 5.92 Å². The number of ether oxygens (including phenoxy) is 2. The molecule has 0 unspecified atom stereocenters. The minimum atomic E-state index is -0.231. The topological polar surface area (TPSA) is 80.8 Å². The number of pyridine rings is 1. The summed E-state index contributed by atoms with van der Waals surface area (Å²) in [5.74, 6) is 0.279. The summed E-state index contributed by atoms with van der Waals surface area (Å²) >= 11 is 0. The molecule has 0 aromatic carbocycles. The molecule has 0 bridgehead atoms. The lowest BCUT2D eigenvalue weighted by Gasteiger charge is -2.50. The van der Waals surface area contributed by atoms with Crippen molar-refractivity contribution < 1.29 is 19.1 Å². The third kappa shape index (κ3) is 3.42. The van der Waals surface area contributed by atoms with Gasteiger partial charge in [-0.05, 0) is 30.9 Å². The third-order valence-corrected chi connectivity index (χ3v) is 4.86. The van der Waals surface area contributed by atoms with Crippen LogP contribution in [0.25, 0.3) is 0 Å². The Bertz CT molecular complexity index is 587. The quantitative estimate of drug-likeness (QED) is 0.818. The molecular weight excluding hydrogens is 310 g/mol. The first-order chi connectivity index (χ1) is 11.6. The number of aromatic nitrogens is 1. The lowest BCUT2D eigenvalue weighted by atomic mass is 9.79. The van der Waals surface area contributed by atoms with Crippen LogP contribution < -0.4 is 5.32 Å². The highest BCUT2D eigenvalue weighted by Gasteiger charge is 2.53. The summed E-state index contributed by atoms with van der Waals surface area (Å²) < 4.78 is 10.8. The number of carbonyl (C=O) groups is 2. The lowest BCUT2D eigenvalue weighted by Crippen LogP contribution is -2.66. The molecular formula is C17H23N3O4. The van der Waals surface area contributed by atoms with Gasteiger partial charge in [0.2, 0.25) is 5.91 Å². The van der Waals surface area contributed by atoms with Crippen LogP contribution in [0.5, 0.6) is 0 Å². The fraction of sp³-hybridized carbons (Fsp3) is 0.588. The third-order valence-electron chi connectivity index (χ3n) is 4.86. The average molecular weight is 333 g/mol. The van der Waals surface area contributed by atoms with Crippen molar-refractivity contribution in [1.29, 1.82) is 0 Å². The first kappa shape index (κ1) is 16.9. The van der Waals surface area contributed by atoms with Crippen LogP contribution in [0, 0.1) is 5.92 Å². The number of methoxy groups -OCH3 is 1. The summed E-state index contributed by atoms with van der Waals surface area (Å²) in [7, 11) is 1.52. The van der Waals surface area contributed by atoms with Crippen LogP contribution in [0.3, 0.4) is 0 Å². The van der Waals surface area contributed by atoms with Crippen LogP contribution in [0.4, 0.5) is 0 Å². The highest BCUT2D eigenvalue weighted by atomic mass is 16.5. The van der Waals surface area contributed by atoms with Gasteiger partial charge in [-0.3, -0.25) is 14.6 Å². The number of carbonyl (C=O) groups excluding carboxylic acids is 2. The maximum atomic E-state index is 12.0. The van der Waals surface area contributed by atoms with E-state index >= 15 is 0 Å². The van der Waals surface area contributed by atoms with Crippen LogP contribution >= 0.6 is 0 Å². The number of hydrogen-bond donors (Lipinski definition) is 1. The number of nitrogens with zero attached hydrogens (tertiary/aromatic N) is 2. The summed E-state index contributed by atoms with van der Waals surface area (Å²) in [5, 5.41) is 2.94. The van der Waals surface area contributed by atoms with Crippen molar-refractivity contribution in [3.05, 3.63) is 30.1 Å². The molecule has 2 aliphatic heterocycles. The fourth-order valence-corrected chi connectivity index (χ4v) is 3.50. The van der Waals surface area contributed by atoms with E-state index in [1.165, 1.54) is 7.11 Å². The van der Waals surface area contributed by atoms with Gasteiger partial charge in [-0.2, -0.15) is 0 Å². The Morgan fingerprint density at radius 3 is 2.88 bits per heavy atom. The van der Waals surface area contributed by atoms with Crippen molar-refractivity contribution in [3.8, 4) is 0 Å². The Balaban J connectivity index is 1.46. The predicted octanol–water partition coefficient (Wildman–Crippen LogP) is 0.465. The van der Waals surface area contributed by atoms with E-state index in [2.05, 4.69) is 10.3 Å². The number of amides is 2. The van der Waals surface area contributed by atoms with Crippen molar-refractivity contribution in [2.45, 2.75) is 18.4 Å². The number of rotatable bonds is 6. The lowest BCUT2D eigenvalue weighted by molar-refractivity contribution is -0.168. The molecule has 1 atom stereocenters. The van der Waals surface area contributed by atoms with Crippen molar-refractivity contribution in [1.82, 2.24) is 15.2 Å². The molecule has 2 fully saturated rings. The van der Waals surface area contributed by atoms with Gasteiger partial charge < -0.3 is 19.7 Å². The first-order valence-corrected chi connectivity index (χ1v) is 8.23. The van der Waals surface area contributed by atoms with Gasteiger partial charge in [-0.15, -0.1) is 0 Å². The van der Waals surface area contributed by atoms with Crippen molar-refractivity contribution in [2.75, 3.05) is 40.0 Å². The standard InChI is InChI=1S/C17H23N3O4/c1-23-10-15(21)20-11-17(12-20)14(5-9-24-17)4-8-19-16(22)13-2-6-18-7-3-13/h2-3,6-7,14H,4-5,8-12H2,1H3,(H,19,22)/t14-/m1/s1. The fourth-order valence-electron chi connectivity index (χ4n) is 3.50. The maximum absolute atomic E-state index is 12.0. The van der Waals surface area contributed by atoms with E-state index in [1.807, 2.05) is 0 Å². The van der Waals surface area contributed by atoms with Crippen molar-refractivity contribution in [3.63, 3.8) is 0 Å². The molecule has 2 aliphatic rings. The summed E-state index contributed by atoms with van der Waals surface area (Å²) in [5.41, 5.74) is 0.382. The van der Waals surface area contributed by atoms with E-state index in [1.54, 1.807) is 29.4 Å². The Morgan fingerprint density at radius 1 is 1.42 bits per heavy atom. The molecule has 3 rings (SSSR count). The van der Waals surface area contributed by atoms with E-state index in [0.717, 1.165) is 19.4 Å². The molecule has 130 valence electrons. The van der Waals surface area contributed by atoms with Gasteiger partial charge in [0.1, 0.15) is 12.2 Å². The second-order valence-electron chi connectivity index (χ2n) is 6.36. The van der Waals surface area contributed by atoms with Crippen LogP contribution in [0.1, 0.15) is 23.2 Å². The summed E-state index contributed by atoms with van der Waals surface area (Å²) in [6.07, 6.45) is 5.03. The Kier molecular flexibility index (Phi) is 5.11. The smallest absolute Gasteiger partial charge is 0.251 e. The highest BCUT2D eigenvalue weighted by molar-refractivity contribution is 5.93. The first-order valence-electron chi connectivity index (χ1n) is 8.23. The molecule has 2 saturated heterocycles. The predicted molar refractivity (Wildman–Crippen MR) is 86.4 cm³/mol. The Labute approximate surface area is 141 Å². The molecule has 7 heteroatoms. The summed E-state index contributed by atoms with van der Waals surface area (Å²) in [6.45, 7) is 2.68. The second-order valence-corrected chi connectivity index (χ2v) is 6.36. The number of hydrogen-bond acceptors (Lipinski definition) is 5. The number of likely N-dealkylation sites (tertiary alicyclic amines) is 1. The molecule has 0 radical (unpaired) electrons. The normalized spacial score (nSPS) is 21.5. The van der Waals surface area contributed by atoms with Crippen LogP contribution in [-0.4, -0.2) is 67.3 Å². The largest absolute Gasteiger partial charge is 0.375 e. The van der Waals surface area contributed by atoms with Crippen LogP contribution in [-0.2, 0) is 14.3 Å². The zero-order chi connectivity index (χ0) is 17.0. The van der Waals surface area contributed by atoms with Crippen LogP contribution in [0.15, 0.2) is 24.5 Å². The molecule has 1 aromatic rings. The number of nitrogens with one attached hydrogen (secondary N) is 1. The van der Waals surface area contributed by atoms with Gasteiger partial charge in [0.05, 0.1) is 13.1 Å². The minimum Gasteiger partial charge on any atom is -0.375 e. The SMILES string of the molecule is COCC(=O)N1CC2(C1)OCC[C@H]2CCNC(=O)c1ccncc1. The molecule has 1 spiro atoms. The molecule has 3 heterocycles. The minimum absolute atomic E-state index is 0.00312. The second kappa shape index (κ2) is 7.27. The van der Waals surface area contributed by atoms with E-state index < -0.39 is 0 Å². The summed E-state index contributed by atoms with van der Waals surface area (Å²) in [6, 6.07) is 3.39. The molecule has 0 aliphatic carbocycles. The molecule has 2 amide bonds. The molecule has 1 aromatic heterocycles. The van der Waals surface area contributed by atoms with E-state index in [9.17, 15) is 9.59 Å². The van der Waals surface area contributed by atoms with E-state index in [4.69, 9.17) is 9.47 Å². The van der Waals surface area contributed by atoms with Gasteiger partial charge in [0.15, 0.2) is 0 Å².